The second kappa shape index (κ2) is 7.73. The Morgan fingerprint density at radius 2 is 1.78 bits per heavy atom. The van der Waals surface area contributed by atoms with Crippen LogP contribution >= 0.6 is 0 Å². The van der Waals surface area contributed by atoms with Gasteiger partial charge in [0, 0.05) is 12.7 Å². The van der Waals surface area contributed by atoms with Crippen LogP contribution in [0.5, 0.6) is 0 Å². The van der Waals surface area contributed by atoms with E-state index in [1.165, 1.54) is 7.11 Å². The van der Waals surface area contributed by atoms with E-state index in [0.29, 0.717) is 6.61 Å². The van der Waals surface area contributed by atoms with Gasteiger partial charge in [-0.25, -0.2) is 0 Å². The van der Waals surface area contributed by atoms with Crippen LogP contribution in [0.15, 0.2) is 30.3 Å². The number of rotatable bonds is 4. The maximum absolute atomic E-state index is 13.0. The zero-order chi connectivity index (χ0) is 19.8. The van der Waals surface area contributed by atoms with Gasteiger partial charge in [-0.1, -0.05) is 51.1 Å². The fourth-order valence-electron chi connectivity index (χ4n) is 3.03. The van der Waals surface area contributed by atoms with Gasteiger partial charge in [-0.2, -0.15) is 0 Å². The number of methoxy groups -OCH3 is 1. The minimum absolute atomic E-state index is 0.0341. The van der Waals surface area contributed by atoms with Crippen LogP contribution in [0.3, 0.4) is 0 Å². The van der Waals surface area contributed by atoms with E-state index in [2.05, 4.69) is 33.9 Å². The van der Waals surface area contributed by atoms with Crippen molar-refractivity contribution in [1.29, 1.82) is 0 Å². The van der Waals surface area contributed by atoms with E-state index < -0.39 is 39.2 Å². The number of Topliss-reactive ketones (excluding diaryl/α,β-unsaturated/α-hetero) is 1. The number of fused-ring (bicyclic) bond motifs is 1. The molecule has 0 spiro atoms. The first-order valence-corrected chi connectivity index (χ1v) is 12.3. The van der Waals surface area contributed by atoms with Crippen molar-refractivity contribution < 1.29 is 28.2 Å². The summed E-state index contributed by atoms with van der Waals surface area (Å²) in [4.78, 5) is 13.0. The van der Waals surface area contributed by atoms with Gasteiger partial charge in [-0.3, -0.25) is 4.79 Å². The Balaban J connectivity index is 1.86. The lowest BCUT2D eigenvalue weighted by Gasteiger charge is -2.48. The molecule has 0 saturated carbocycles. The summed E-state index contributed by atoms with van der Waals surface area (Å²) < 4.78 is 29.6. The van der Waals surface area contributed by atoms with Crippen molar-refractivity contribution in [3.8, 4) is 0 Å². The largest absolute Gasteiger partial charge is 0.404 e. The van der Waals surface area contributed by atoms with Crippen molar-refractivity contribution in [3.05, 3.63) is 35.9 Å². The first-order valence-electron chi connectivity index (χ1n) is 9.36. The molecule has 5 atom stereocenters. The van der Waals surface area contributed by atoms with Crippen LogP contribution in [0.2, 0.25) is 18.1 Å². The van der Waals surface area contributed by atoms with Crippen molar-refractivity contribution in [3.63, 3.8) is 0 Å². The molecule has 2 saturated heterocycles. The van der Waals surface area contributed by atoms with Crippen LogP contribution in [0.1, 0.15) is 32.6 Å². The second-order valence-corrected chi connectivity index (χ2v) is 13.4. The molecular formula is C20H30O6Si. The SMILES string of the molecule is CO[C@H]1O[C@@H]2CO[C@@H](c3ccccc3)O[C@@H]2[C@H](O[Si](C)(C)C(C)(C)C)C1=O. The molecule has 1 aromatic rings. The molecule has 3 rings (SSSR count). The number of ketones is 1. The number of carbonyl (C=O) groups excluding carboxylic acids is 1. The number of benzene rings is 1. The van der Waals surface area contributed by atoms with Gasteiger partial charge in [0.25, 0.3) is 0 Å². The Bertz CT molecular complexity index is 656. The molecule has 2 aliphatic heterocycles. The molecule has 2 fully saturated rings. The Morgan fingerprint density at radius 3 is 2.37 bits per heavy atom. The van der Waals surface area contributed by atoms with Crippen molar-refractivity contribution in [1.82, 2.24) is 0 Å². The van der Waals surface area contributed by atoms with Crippen molar-refractivity contribution in [2.45, 2.75) is 69.8 Å². The molecule has 6 nitrogen and oxygen atoms in total. The average molecular weight is 395 g/mol. The number of carbonyl (C=O) groups is 1. The van der Waals surface area contributed by atoms with E-state index in [4.69, 9.17) is 23.4 Å². The van der Waals surface area contributed by atoms with Crippen LogP contribution in [0, 0.1) is 0 Å². The summed E-state index contributed by atoms with van der Waals surface area (Å²) >= 11 is 0. The van der Waals surface area contributed by atoms with E-state index in [1.807, 2.05) is 30.3 Å². The van der Waals surface area contributed by atoms with Crippen molar-refractivity contribution in [2.75, 3.05) is 13.7 Å². The Kier molecular flexibility index (Phi) is 5.91. The molecule has 0 amide bonds. The predicted octanol–water partition coefficient (Wildman–Crippen LogP) is 3.43. The quantitative estimate of drug-likeness (QED) is 0.729. The van der Waals surface area contributed by atoms with Gasteiger partial charge >= 0.3 is 0 Å². The highest BCUT2D eigenvalue weighted by atomic mass is 28.4. The summed E-state index contributed by atoms with van der Waals surface area (Å²) in [6.45, 7) is 11.0. The highest BCUT2D eigenvalue weighted by Crippen LogP contribution is 2.41. The highest BCUT2D eigenvalue weighted by molar-refractivity contribution is 6.74. The normalized spacial score (nSPS) is 32.2. The van der Waals surface area contributed by atoms with Crippen molar-refractivity contribution in [2.24, 2.45) is 0 Å². The van der Waals surface area contributed by atoms with Gasteiger partial charge < -0.3 is 23.4 Å². The topological polar surface area (TPSA) is 63.2 Å². The summed E-state index contributed by atoms with van der Waals surface area (Å²) in [5, 5.41) is -0.0341. The Hall–Kier alpha value is -1.09. The standard InChI is InChI=1S/C20H30O6Si/c1-20(2,3)27(5,6)26-17-15(21)19(22-4)24-14-12-23-18(25-16(14)17)13-10-8-7-9-11-13/h7-11,14,16-19H,12H2,1-6H3/t14-,16+,17-,18-,19+/m1/s1. The van der Waals surface area contributed by atoms with E-state index in [-0.39, 0.29) is 10.8 Å². The molecule has 1 aromatic carbocycles. The molecule has 2 heterocycles. The van der Waals surface area contributed by atoms with Crippen LogP contribution in [0.4, 0.5) is 0 Å². The minimum Gasteiger partial charge on any atom is -0.404 e. The van der Waals surface area contributed by atoms with E-state index in [9.17, 15) is 4.79 Å². The molecule has 7 heteroatoms. The third-order valence-electron chi connectivity index (χ3n) is 5.68. The van der Waals surface area contributed by atoms with Gasteiger partial charge in [0.15, 0.2) is 14.6 Å². The fourth-order valence-corrected chi connectivity index (χ4v) is 4.27. The van der Waals surface area contributed by atoms with Gasteiger partial charge in [-0.05, 0) is 18.1 Å². The van der Waals surface area contributed by atoms with E-state index in [0.717, 1.165) is 5.56 Å². The summed E-state index contributed by atoms with van der Waals surface area (Å²) in [6, 6.07) is 9.69. The molecule has 0 aliphatic carbocycles. The molecule has 0 bridgehead atoms. The number of ether oxygens (including phenoxy) is 4. The average Bonchev–Trinajstić information content (AvgIpc) is 2.63. The molecule has 0 radical (unpaired) electrons. The van der Waals surface area contributed by atoms with Gasteiger partial charge in [-0.15, -0.1) is 0 Å². The van der Waals surface area contributed by atoms with Crippen LogP contribution in [0.25, 0.3) is 0 Å². The maximum Gasteiger partial charge on any atom is 0.220 e. The molecule has 0 unspecified atom stereocenters. The van der Waals surface area contributed by atoms with E-state index >= 15 is 0 Å². The summed E-state index contributed by atoms with van der Waals surface area (Å²) in [6.07, 6.45) is -3.18. The maximum atomic E-state index is 13.0. The third kappa shape index (κ3) is 4.18. The molecule has 0 aromatic heterocycles. The number of hydrogen-bond acceptors (Lipinski definition) is 6. The molecule has 2 aliphatic rings. The van der Waals surface area contributed by atoms with Crippen LogP contribution < -0.4 is 0 Å². The zero-order valence-corrected chi connectivity index (χ0v) is 17.9. The number of hydrogen-bond donors (Lipinski definition) is 0. The van der Waals surface area contributed by atoms with Gasteiger partial charge in [0.1, 0.15) is 18.3 Å². The minimum atomic E-state index is -2.21. The lowest BCUT2D eigenvalue weighted by Crippen LogP contribution is -2.63. The summed E-state index contributed by atoms with van der Waals surface area (Å²) in [7, 11) is -0.745. The molecule has 27 heavy (non-hydrogen) atoms. The molecule has 0 N–H and O–H groups in total. The molecule has 150 valence electrons. The first kappa shape index (κ1) is 20.6. The van der Waals surface area contributed by atoms with Gasteiger partial charge in [0.2, 0.25) is 12.1 Å². The van der Waals surface area contributed by atoms with Crippen LogP contribution in [-0.2, 0) is 28.2 Å². The van der Waals surface area contributed by atoms with Gasteiger partial charge in [0.05, 0.1) is 6.61 Å². The zero-order valence-electron chi connectivity index (χ0n) is 16.9. The summed E-state index contributed by atoms with van der Waals surface area (Å²) in [5.74, 6) is -0.225. The van der Waals surface area contributed by atoms with Crippen molar-refractivity contribution >= 4 is 14.1 Å². The molecular weight excluding hydrogens is 364 g/mol. The smallest absolute Gasteiger partial charge is 0.220 e. The Labute approximate surface area is 162 Å². The highest BCUT2D eigenvalue weighted by Gasteiger charge is 2.53. The second-order valence-electron chi connectivity index (χ2n) is 8.62. The predicted molar refractivity (Wildman–Crippen MR) is 103 cm³/mol. The lowest BCUT2D eigenvalue weighted by atomic mass is 9.99. The summed E-state index contributed by atoms with van der Waals surface area (Å²) in [5.41, 5.74) is 0.906. The fraction of sp³-hybridized carbons (Fsp3) is 0.650. The third-order valence-corrected chi connectivity index (χ3v) is 10.1. The Morgan fingerprint density at radius 1 is 1.11 bits per heavy atom. The van der Waals surface area contributed by atoms with E-state index in [1.54, 1.807) is 0 Å². The monoisotopic (exact) mass is 394 g/mol. The van der Waals surface area contributed by atoms with Crippen LogP contribution in [-0.4, -0.2) is 52.4 Å². The first-order chi connectivity index (χ1) is 12.6. The lowest BCUT2D eigenvalue weighted by molar-refractivity contribution is -0.315.